The van der Waals surface area contributed by atoms with Gasteiger partial charge in [-0.1, -0.05) is 110 Å². The predicted molar refractivity (Wildman–Crippen MR) is 176 cm³/mol. The van der Waals surface area contributed by atoms with Crippen molar-refractivity contribution in [1.82, 2.24) is 10.2 Å². The van der Waals surface area contributed by atoms with Gasteiger partial charge >= 0.3 is 0 Å². The van der Waals surface area contributed by atoms with Gasteiger partial charge in [-0.15, -0.1) is 0 Å². The minimum Gasteiger partial charge on any atom is -0.354 e. The van der Waals surface area contributed by atoms with E-state index >= 15 is 0 Å². The molecule has 1 N–H and O–H groups in total. The van der Waals surface area contributed by atoms with Gasteiger partial charge in [0.2, 0.25) is 11.8 Å². The number of nitrogens with one attached hydrogen (secondary N) is 1. The first-order chi connectivity index (χ1) is 21.1. The van der Waals surface area contributed by atoms with E-state index in [2.05, 4.69) is 5.32 Å². The van der Waals surface area contributed by atoms with E-state index in [1.54, 1.807) is 66.7 Å². The minimum absolute atomic E-state index is 0.00364. The fourth-order valence-electron chi connectivity index (χ4n) is 4.65. The van der Waals surface area contributed by atoms with Crippen molar-refractivity contribution in [3.63, 3.8) is 0 Å². The zero-order valence-corrected chi connectivity index (χ0v) is 26.9. The molecule has 7 nitrogen and oxygen atoms in total. The molecule has 0 saturated heterocycles. The lowest BCUT2D eigenvalue weighted by Gasteiger charge is -2.34. The van der Waals surface area contributed by atoms with Crippen molar-refractivity contribution in [2.24, 2.45) is 5.92 Å². The van der Waals surface area contributed by atoms with Gasteiger partial charge in [0.15, 0.2) is 0 Å². The van der Waals surface area contributed by atoms with Gasteiger partial charge < -0.3 is 10.2 Å². The SMILES string of the molecule is CC(C)CNC(=O)[C@@H](Cc1ccccc1)N(Cc1ccc(Cl)c(Cl)c1)C(=O)CN(c1ccccc1)S(=O)(=O)c1ccccc1. The van der Waals surface area contributed by atoms with Gasteiger partial charge in [0, 0.05) is 19.5 Å². The molecule has 0 radical (unpaired) electrons. The van der Waals surface area contributed by atoms with Crippen LogP contribution in [0.2, 0.25) is 10.0 Å². The van der Waals surface area contributed by atoms with Crippen LogP contribution in [-0.2, 0) is 32.6 Å². The van der Waals surface area contributed by atoms with Crippen LogP contribution in [0.15, 0.2) is 114 Å². The van der Waals surface area contributed by atoms with Crippen LogP contribution < -0.4 is 9.62 Å². The average Bonchev–Trinajstić information content (AvgIpc) is 3.03. The quantitative estimate of drug-likeness (QED) is 0.176. The topological polar surface area (TPSA) is 86.8 Å². The number of rotatable bonds is 13. The van der Waals surface area contributed by atoms with E-state index in [4.69, 9.17) is 23.2 Å². The Balaban J connectivity index is 1.79. The van der Waals surface area contributed by atoms with Crippen LogP contribution in [0.4, 0.5) is 5.69 Å². The van der Waals surface area contributed by atoms with Gasteiger partial charge in [-0.05, 0) is 53.4 Å². The number of benzene rings is 4. The highest BCUT2D eigenvalue weighted by atomic mass is 35.5. The van der Waals surface area contributed by atoms with E-state index in [-0.39, 0.29) is 29.7 Å². The molecule has 0 aliphatic rings. The summed E-state index contributed by atoms with van der Waals surface area (Å²) in [6.45, 7) is 3.84. The maximum absolute atomic E-state index is 14.4. The number of carbonyl (C=O) groups excluding carboxylic acids is 2. The molecule has 0 bridgehead atoms. The van der Waals surface area contributed by atoms with Gasteiger partial charge in [-0.2, -0.15) is 0 Å². The number of amides is 2. The molecular weight excluding hydrogens is 617 g/mol. The van der Waals surface area contributed by atoms with Gasteiger partial charge in [-0.25, -0.2) is 8.42 Å². The van der Waals surface area contributed by atoms with Gasteiger partial charge in [-0.3, -0.25) is 13.9 Å². The van der Waals surface area contributed by atoms with Crippen molar-refractivity contribution in [1.29, 1.82) is 0 Å². The fraction of sp³-hybridized carbons (Fsp3) is 0.235. The van der Waals surface area contributed by atoms with Crippen LogP contribution >= 0.6 is 23.2 Å². The summed E-state index contributed by atoms with van der Waals surface area (Å²) >= 11 is 12.5. The molecule has 230 valence electrons. The highest BCUT2D eigenvalue weighted by molar-refractivity contribution is 7.92. The lowest BCUT2D eigenvalue weighted by molar-refractivity contribution is -0.140. The van der Waals surface area contributed by atoms with Crippen LogP contribution in [0, 0.1) is 5.92 Å². The Bertz CT molecular complexity index is 1650. The van der Waals surface area contributed by atoms with Gasteiger partial charge in [0.05, 0.1) is 20.6 Å². The summed E-state index contributed by atoms with van der Waals surface area (Å²) in [6.07, 6.45) is 0.217. The number of hydrogen-bond donors (Lipinski definition) is 1. The zero-order chi connectivity index (χ0) is 31.7. The first-order valence-electron chi connectivity index (χ1n) is 14.2. The van der Waals surface area contributed by atoms with Crippen molar-refractivity contribution in [2.45, 2.75) is 37.8 Å². The van der Waals surface area contributed by atoms with Crippen molar-refractivity contribution >= 4 is 50.7 Å². The van der Waals surface area contributed by atoms with Gasteiger partial charge in [0.25, 0.3) is 10.0 Å². The zero-order valence-electron chi connectivity index (χ0n) is 24.6. The Kier molecular flexibility index (Phi) is 11.4. The highest BCUT2D eigenvalue weighted by Gasteiger charge is 2.34. The monoisotopic (exact) mass is 651 g/mol. The number of para-hydroxylation sites is 1. The number of sulfonamides is 1. The molecule has 2 amide bonds. The molecule has 4 rings (SSSR count). The molecule has 0 unspecified atom stereocenters. The molecule has 0 fully saturated rings. The summed E-state index contributed by atoms with van der Waals surface area (Å²) in [5.74, 6) is -0.715. The first kappa shape index (κ1) is 33.1. The van der Waals surface area contributed by atoms with E-state index in [1.165, 1.54) is 17.0 Å². The Morgan fingerprint density at radius 2 is 1.36 bits per heavy atom. The summed E-state index contributed by atoms with van der Waals surface area (Å²) in [5.41, 5.74) is 1.81. The standard InChI is InChI=1S/C34H35Cl2N3O4S/c1-25(2)22-37-34(41)32(21-26-12-6-3-7-13-26)38(23-27-18-19-30(35)31(36)20-27)33(40)24-39(28-14-8-4-9-15-28)44(42,43)29-16-10-5-11-17-29/h3-20,25,32H,21-24H2,1-2H3,(H,37,41)/t32-/m1/s1. The number of carbonyl (C=O) groups is 2. The normalized spacial score (nSPS) is 12.0. The van der Waals surface area contributed by atoms with Crippen LogP contribution in [0.1, 0.15) is 25.0 Å². The largest absolute Gasteiger partial charge is 0.354 e. The van der Waals surface area contributed by atoms with E-state index in [0.29, 0.717) is 27.8 Å². The molecule has 4 aromatic rings. The van der Waals surface area contributed by atoms with Crippen molar-refractivity contribution in [2.75, 3.05) is 17.4 Å². The van der Waals surface area contributed by atoms with Crippen LogP contribution in [0.3, 0.4) is 0 Å². The predicted octanol–water partition coefficient (Wildman–Crippen LogP) is 6.60. The molecule has 10 heteroatoms. The van der Waals surface area contributed by atoms with Gasteiger partial charge in [0.1, 0.15) is 12.6 Å². The molecule has 1 atom stereocenters. The number of nitrogens with zero attached hydrogens (tertiary/aromatic N) is 2. The van der Waals surface area contributed by atoms with Crippen molar-refractivity contribution < 1.29 is 18.0 Å². The summed E-state index contributed by atoms with van der Waals surface area (Å²) < 4.78 is 29.0. The molecule has 0 aliphatic carbocycles. The lowest BCUT2D eigenvalue weighted by atomic mass is 10.0. The van der Waals surface area contributed by atoms with E-state index in [0.717, 1.165) is 9.87 Å². The second-order valence-corrected chi connectivity index (χ2v) is 13.5. The molecule has 0 saturated carbocycles. The van der Waals surface area contributed by atoms with Crippen LogP contribution in [0.5, 0.6) is 0 Å². The van der Waals surface area contributed by atoms with E-state index in [9.17, 15) is 18.0 Å². The number of halogens is 2. The maximum atomic E-state index is 14.4. The first-order valence-corrected chi connectivity index (χ1v) is 16.4. The van der Waals surface area contributed by atoms with Crippen LogP contribution in [-0.4, -0.2) is 44.3 Å². The average molecular weight is 653 g/mol. The highest BCUT2D eigenvalue weighted by Crippen LogP contribution is 2.27. The second kappa shape index (κ2) is 15.2. The number of anilines is 1. The Hall–Kier alpha value is -3.85. The smallest absolute Gasteiger partial charge is 0.264 e. The van der Waals surface area contributed by atoms with Crippen LogP contribution in [0.25, 0.3) is 0 Å². The third-order valence-electron chi connectivity index (χ3n) is 6.95. The summed E-state index contributed by atoms with van der Waals surface area (Å²) in [7, 11) is -4.15. The maximum Gasteiger partial charge on any atom is 0.264 e. The molecule has 4 aromatic carbocycles. The van der Waals surface area contributed by atoms with Crippen molar-refractivity contribution in [3.8, 4) is 0 Å². The Morgan fingerprint density at radius 1 is 0.773 bits per heavy atom. The summed E-state index contributed by atoms with van der Waals surface area (Å²) in [6, 6.07) is 29.8. The molecular formula is C34H35Cl2N3O4S. The van der Waals surface area contributed by atoms with Crippen molar-refractivity contribution in [3.05, 3.63) is 130 Å². The third kappa shape index (κ3) is 8.62. The Labute approximate surface area is 269 Å². The summed E-state index contributed by atoms with van der Waals surface area (Å²) in [4.78, 5) is 29.7. The molecule has 44 heavy (non-hydrogen) atoms. The molecule has 0 aliphatic heterocycles. The lowest BCUT2D eigenvalue weighted by Crippen LogP contribution is -2.53. The van der Waals surface area contributed by atoms with E-state index in [1.807, 2.05) is 44.2 Å². The third-order valence-corrected chi connectivity index (χ3v) is 9.47. The number of hydrogen-bond acceptors (Lipinski definition) is 4. The fourth-order valence-corrected chi connectivity index (χ4v) is 6.41. The molecule has 0 spiro atoms. The molecule has 0 heterocycles. The summed E-state index contributed by atoms with van der Waals surface area (Å²) in [5, 5.41) is 3.63. The molecule has 0 aromatic heterocycles. The minimum atomic E-state index is -4.15. The van der Waals surface area contributed by atoms with E-state index < -0.39 is 28.5 Å². The second-order valence-electron chi connectivity index (χ2n) is 10.8. The Morgan fingerprint density at radius 3 is 1.95 bits per heavy atom.